The fourth-order valence-corrected chi connectivity index (χ4v) is 2.12. The molecule has 2 nitrogen and oxygen atoms in total. The first-order valence-electron chi connectivity index (χ1n) is 5.14. The van der Waals surface area contributed by atoms with Crippen LogP contribution in [0.4, 0.5) is 0 Å². The lowest BCUT2D eigenvalue weighted by Gasteiger charge is -2.13. The summed E-state index contributed by atoms with van der Waals surface area (Å²) in [5.41, 5.74) is 1.38. The van der Waals surface area contributed by atoms with Gasteiger partial charge in [-0.25, -0.2) is 0 Å². The maximum Gasteiger partial charge on any atom is 0.0361 e. The number of thioether (sulfide) groups is 1. The highest BCUT2D eigenvalue weighted by atomic mass is 32.2. The molecular formula is C11H20N2S. The van der Waals surface area contributed by atoms with E-state index < -0.39 is 0 Å². The fourth-order valence-electron chi connectivity index (χ4n) is 1.51. The number of nitrogens with zero attached hydrogens (tertiary/aromatic N) is 1. The van der Waals surface area contributed by atoms with Crippen LogP contribution in [0.3, 0.4) is 0 Å². The molecule has 0 spiro atoms. The smallest absolute Gasteiger partial charge is 0.0361 e. The van der Waals surface area contributed by atoms with E-state index in [9.17, 15) is 0 Å². The quantitative estimate of drug-likeness (QED) is 0.779. The van der Waals surface area contributed by atoms with Gasteiger partial charge in [0.2, 0.25) is 0 Å². The Labute approximate surface area is 91.1 Å². The van der Waals surface area contributed by atoms with E-state index in [2.05, 4.69) is 48.3 Å². The van der Waals surface area contributed by atoms with Crippen molar-refractivity contribution >= 4 is 11.8 Å². The third-order valence-electron chi connectivity index (χ3n) is 2.31. The van der Waals surface area contributed by atoms with E-state index in [1.165, 1.54) is 11.4 Å². The van der Waals surface area contributed by atoms with Crippen LogP contribution in [0.25, 0.3) is 0 Å². The minimum Gasteiger partial charge on any atom is -0.351 e. The van der Waals surface area contributed by atoms with Crippen LogP contribution in [-0.4, -0.2) is 22.6 Å². The zero-order chi connectivity index (χ0) is 10.4. The van der Waals surface area contributed by atoms with Gasteiger partial charge in [0.25, 0.3) is 0 Å². The number of aryl methyl sites for hydroxylation is 1. The molecular weight excluding hydrogens is 192 g/mol. The normalized spacial score (nSPS) is 13.1. The molecule has 0 aliphatic heterocycles. The van der Waals surface area contributed by atoms with Crippen LogP contribution in [0, 0.1) is 0 Å². The summed E-state index contributed by atoms with van der Waals surface area (Å²) >= 11 is 1.89. The van der Waals surface area contributed by atoms with E-state index in [0.717, 1.165) is 13.1 Å². The summed E-state index contributed by atoms with van der Waals surface area (Å²) in [5.74, 6) is 1.17. The molecule has 1 unspecified atom stereocenters. The van der Waals surface area contributed by atoms with Gasteiger partial charge in [-0.05, 0) is 32.2 Å². The molecule has 1 rings (SSSR count). The monoisotopic (exact) mass is 212 g/mol. The second-order valence-electron chi connectivity index (χ2n) is 3.52. The van der Waals surface area contributed by atoms with Gasteiger partial charge in [-0.2, -0.15) is 11.8 Å². The van der Waals surface area contributed by atoms with Crippen molar-refractivity contribution in [2.45, 2.75) is 33.0 Å². The molecule has 14 heavy (non-hydrogen) atoms. The molecule has 0 saturated heterocycles. The topological polar surface area (TPSA) is 17.0 Å². The van der Waals surface area contributed by atoms with Crippen LogP contribution in [0.5, 0.6) is 0 Å². The second-order valence-corrected chi connectivity index (χ2v) is 4.43. The van der Waals surface area contributed by atoms with Crippen LogP contribution in [-0.2, 0) is 13.1 Å². The number of rotatable bonds is 6. The molecule has 1 N–H and O–H groups in total. The summed E-state index contributed by atoms with van der Waals surface area (Å²) < 4.78 is 2.28. The van der Waals surface area contributed by atoms with Crippen LogP contribution in [0.2, 0.25) is 0 Å². The average Bonchev–Trinajstić information content (AvgIpc) is 2.62. The lowest BCUT2D eigenvalue weighted by Crippen LogP contribution is -2.28. The molecule has 0 amide bonds. The molecule has 1 atom stereocenters. The van der Waals surface area contributed by atoms with Gasteiger partial charge < -0.3 is 9.88 Å². The number of hydrogen-bond acceptors (Lipinski definition) is 2. The maximum absolute atomic E-state index is 3.52. The molecule has 0 radical (unpaired) electrons. The minimum atomic E-state index is 0.588. The molecule has 0 aromatic carbocycles. The Bertz CT molecular complexity index is 258. The van der Waals surface area contributed by atoms with Crippen molar-refractivity contribution in [3.05, 3.63) is 24.0 Å². The van der Waals surface area contributed by atoms with E-state index in [1.54, 1.807) is 0 Å². The molecule has 0 saturated carbocycles. The largest absolute Gasteiger partial charge is 0.351 e. The van der Waals surface area contributed by atoms with Gasteiger partial charge in [0, 0.05) is 36.8 Å². The summed E-state index contributed by atoms with van der Waals surface area (Å²) in [4.78, 5) is 0. The first-order chi connectivity index (χ1) is 6.77. The third kappa shape index (κ3) is 3.39. The zero-order valence-electron chi connectivity index (χ0n) is 9.29. The van der Waals surface area contributed by atoms with Gasteiger partial charge in [-0.1, -0.05) is 0 Å². The molecule has 80 valence electrons. The Hall–Kier alpha value is -0.410. The highest BCUT2D eigenvalue weighted by Crippen LogP contribution is 2.03. The van der Waals surface area contributed by atoms with Gasteiger partial charge in [-0.15, -0.1) is 0 Å². The standard InChI is InChI=1S/C11H20N2S/c1-4-13-7-5-6-11(13)8-12-10(2)9-14-3/h5-7,10,12H,4,8-9H2,1-3H3. The Balaban J connectivity index is 2.37. The molecule has 1 aromatic heterocycles. The Kier molecular flexibility index (Phi) is 5.12. The van der Waals surface area contributed by atoms with Crippen molar-refractivity contribution in [2.75, 3.05) is 12.0 Å². The van der Waals surface area contributed by atoms with Crippen molar-refractivity contribution in [3.8, 4) is 0 Å². The van der Waals surface area contributed by atoms with E-state index in [0.29, 0.717) is 6.04 Å². The van der Waals surface area contributed by atoms with Crippen LogP contribution < -0.4 is 5.32 Å². The average molecular weight is 212 g/mol. The predicted octanol–water partition coefficient (Wildman–Crippen LogP) is 2.35. The number of nitrogens with one attached hydrogen (secondary N) is 1. The highest BCUT2D eigenvalue weighted by Gasteiger charge is 2.02. The lowest BCUT2D eigenvalue weighted by molar-refractivity contribution is 0.567. The predicted molar refractivity (Wildman–Crippen MR) is 64.8 cm³/mol. The molecule has 0 fully saturated rings. The summed E-state index contributed by atoms with van der Waals surface area (Å²) in [6, 6.07) is 4.88. The van der Waals surface area contributed by atoms with Gasteiger partial charge in [0.05, 0.1) is 0 Å². The van der Waals surface area contributed by atoms with Gasteiger partial charge in [-0.3, -0.25) is 0 Å². The fraction of sp³-hybridized carbons (Fsp3) is 0.636. The first-order valence-corrected chi connectivity index (χ1v) is 6.53. The summed E-state index contributed by atoms with van der Waals surface area (Å²) in [7, 11) is 0. The van der Waals surface area contributed by atoms with Crippen LogP contribution in [0.1, 0.15) is 19.5 Å². The lowest BCUT2D eigenvalue weighted by atomic mass is 10.3. The van der Waals surface area contributed by atoms with Crippen molar-refractivity contribution in [1.82, 2.24) is 9.88 Å². The van der Waals surface area contributed by atoms with E-state index in [4.69, 9.17) is 0 Å². The van der Waals surface area contributed by atoms with Gasteiger partial charge in [0.15, 0.2) is 0 Å². The van der Waals surface area contributed by atoms with Gasteiger partial charge >= 0.3 is 0 Å². The molecule has 1 heterocycles. The summed E-state index contributed by atoms with van der Waals surface area (Å²) in [5, 5.41) is 3.52. The third-order valence-corrected chi connectivity index (χ3v) is 3.15. The molecule has 3 heteroatoms. The Morgan fingerprint density at radius 1 is 1.57 bits per heavy atom. The molecule has 1 aromatic rings. The summed E-state index contributed by atoms with van der Waals surface area (Å²) in [6.45, 7) is 6.44. The zero-order valence-corrected chi connectivity index (χ0v) is 10.1. The van der Waals surface area contributed by atoms with E-state index >= 15 is 0 Å². The van der Waals surface area contributed by atoms with Crippen molar-refractivity contribution in [3.63, 3.8) is 0 Å². The molecule has 0 aliphatic carbocycles. The Morgan fingerprint density at radius 3 is 3.00 bits per heavy atom. The van der Waals surface area contributed by atoms with E-state index in [1.807, 2.05) is 11.8 Å². The van der Waals surface area contributed by atoms with Crippen molar-refractivity contribution in [2.24, 2.45) is 0 Å². The van der Waals surface area contributed by atoms with Gasteiger partial charge in [0.1, 0.15) is 0 Å². The van der Waals surface area contributed by atoms with Crippen molar-refractivity contribution in [1.29, 1.82) is 0 Å². The maximum atomic E-state index is 3.52. The number of hydrogen-bond donors (Lipinski definition) is 1. The second kappa shape index (κ2) is 6.14. The van der Waals surface area contributed by atoms with Crippen molar-refractivity contribution < 1.29 is 0 Å². The van der Waals surface area contributed by atoms with E-state index in [-0.39, 0.29) is 0 Å². The number of aromatic nitrogens is 1. The Morgan fingerprint density at radius 2 is 2.36 bits per heavy atom. The minimum absolute atomic E-state index is 0.588. The highest BCUT2D eigenvalue weighted by molar-refractivity contribution is 7.98. The van der Waals surface area contributed by atoms with Crippen LogP contribution >= 0.6 is 11.8 Å². The first kappa shape index (κ1) is 11.7. The van der Waals surface area contributed by atoms with Crippen LogP contribution in [0.15, 0.2) is 18.3 Å². The summed E-state index contributed by atoms with van der Waals surface area (Å²) in [6.07, 6.45) is 4.28. The molecule has 0 aliphatic rings. The molecule has 0 bridgehead atoms. The SMILES string of the molecule is CCn1cccc1CNC(C)CSC.